The predicted octanol–water partition coefficient (Wildman–Crippen LogP) is 4.19. The first-order valence-electron chi connectivity index (χ1n) is 8.39. The number of amides is 1. The third-order valence-corrected chi connectivity index (χ3v) is 5.52. The minimum atomic E-state index is -0.859. The summed E-state index contributed by atoms with van der Waals surface area (Å²) in [6, 6.07) is 13.3. The number of carbonyl (C=O) groups is 2. The molecule has 0 radical (unpaired) electrons. The van der Waals surface area contributed by atoms with Gasteiger partial charge in [0.2, 0.25) is 0 Å². The number of thioether (sulfide) groups is 1. The Morgan fingerprint density at radius 1 is 1.19 bits per heavy atom. The Bertz CT molecular complexity index is 840. The molecule has 1 amide bonds. The first-order valence-corrected chi connectivity index (χ1v) is 10.00. The van der Waals surface area contributed by atoms with Gasteiger partial charge in [0.05, 0.1) is 10.6 Å². The molecule has 1 atom stereocenters. The van der Waals surface area contributed by atoms with Crippen molar-refractivity contribution in [3.63, 3.8) is 0 Å². The van der Waals surface area contributed by atoms with Crippen molar-refractivity contribution in [2.24, 2.45) is 0 Å². The van der Waals surface area contributed by atoms with Gasteiger partial charge in [-0.25, -0.2) is 4.79 Å². The number of halogens is 1. The minimum absolute atomic E-state index is 0.190. The number of hydrogen-bond donors (Lipinski definition) is 0. The number of fused-ring (bicyclic) bond motifs is 1. The highest BCUT2D eigenvalue weighted by Crippen LogP contribution is 2.25. The summed E-state index contributed by atoms with van der Waals surface area (Å²) in [6.07, 6.45) is 1.87. The molecule has 0 spiro atoms. The highest BCUT2D eigenvalue weighted by Gasteiger charge is 2.27. The van der Waals surface area contributed by atoms with Crippen LogP contribution in [0.3, 0.4) is 0 Å². The summed E-state index contributed by atoms with van der Waals surface area (Å²) >= 11 is 7.62. The molecule has 26 heavy (non-hydrogen) atoms. The Morgan fingerprint density at radius 2 is 1.92 bits per heavy atom. The van der Waals surface area contributed by atoms with Crippen LogP contribution in [-0.2, 0) is 22.5 Å². The summed E-state index contributed by atoms with van der Waals surface area (Å²) in [4.78, 5) is 27.8. The molecule has 2 aromatic carbocycles. The van der Waals surface area contributed by atoms with E-state index >= 15 is 0 Å². The molecule has 0 fully saturated rings. The van der Waals surface area contributed by atoms with Crippen molar-refractivity contribution < 1.29 is 14.3 Å². The van der Waals surface area contributed by atoms with E-state index in [1.165, 1.54) is 17.3 Å². The number of carbonyl (C=O) groups excluding carboxylic acids is 2. The van der Waals surface area contributed by atoms with Crippen molar-refractivity contribution in [1.29, 1.82) is 0 Å². The molecule has 0 saturated carbocycles. The Kier molecular flexibility index (Phi) is 5.89. The molecule has 0 bridgehead atoms. The van der Waals surface area contributed by atoms with Gasteiger partial charge in [0.15, 0.2) is 6.10 Å². The average molecular weight is 390 g/mol. The van der Waals surface area contributed by atoms with E-state index in [0.717, 1.165) is 16.9 Å². The number of esters is 1. The molecule has 0 N–H and O–H groups in total. The molecule has 2 aromatic rings. The largest absolute Gasteiger partial charge is 0.449 e. The minimum Gasteiger partial charge on any atom is -0.449 e. The second-order valence-corrected chi connectivity index (χ2v) is 7.46. The van der Waals surface area contributed by atoms with E-state index in [0.29, 0.717) is 18.1 Å². The zero-order valence-electron chi connectivity index (χ0n) is 14.7. The summed E-state index contributed by atoms with van der Waals surface area (Å²) in [5, 5.41) is 0.319. The highest BCUT2D eigenvalue weighted by atomic mass is 35.5. The molecule has 136 valence electrons. The first-order chi connectivity index (χ1) is 12.5. The lowest BCUT2D eigenvalue weighted by molar-refractivity contribution is -0.140. The number of nitrogens with zero attached hydrogens (tertiary/aromatic N) is 1. The van der Waals surface area contributed by atoms with Gasteiger partial charge < -0.3 is 9.64 Å². The van der Waals surface area contributed by atoms with Crippen LogP contribution in [0.15, 0.2) is 47.4 Å². The lowest BCUT2D eigenvalue weighted by Crippen LogP contribution is -2.42. The van der Waals surface area contributed by atoms with Crippen LogP contribution in [0, 0.1) is 0 Å². The Balaban J connectivity index is 1.67. The van der Waals surface area contributed by atoms with E-state index in [1.54, 1.807) is 24.0 Å². The van der Waals surface area contributed by atoms with E-state index in [2.05, 4.69) is 6.07 Å². The number of hydrogen-bond acceptors (Lipinski definition) is 4. The predicted molar refractivity (Wildman–Crippen MR) is 104 cm³/mol. The fourth-order valence-electron chi connectivity index (χ4n) is 3.00. The molecule has 0 unspecified atom stereocenters. The maximum atomic E-state index is 12.7. The summed E-state index contributed by atoms with van der Waals surface area (Å²) in [7, 11) is 0. The fourth-order valence-corrected chi connectivity index (χ4v) is 3.64. The summed E-state index contributed by atoms with van der Waals surface area (Å²) in [5.74, 6) is -0.769. The molecule has 6 heteroatoms. The van der Waals surface area contributed by atoms with Gasteiger partial charge in [-0.3, -0.25) is 4.79 Å². The quantitative estimate of drug-likeness (QED) is 0.581. The van der Waals surface area contributed by atoms with Crippen LogP contribution in [-0.4, -0.2) is 35.7 Å². The van der Waals surface area contributed by atoms with Crippen LogP contribution in [0.1, 0.15) is 28.4 Å². The topological polar surface area (TPSA) is 46.6 Å². The van der Waals surface area contributed by atoms with Gasteiger partial charge in [-0.15, -0.1) is 11.8 Å². The van der Waals surface area contributed by atoms with Gasteiger partial charge in [0.25, 0.3) is 5.91 Å². The van der Waals surface area contributed by atoms with E-state index in [1.807, 2.05) is 30.5 Å². The molecule has 1 heterocycles. The van der Waals surface area contributed by atoms with Gasteiger partial charge in [-0.1, -0.05) is 35.9 Å². The summed E-state index contributed by atoms with van der Waals surface area (Å²) in [5.41, 5.74) is 2.69. The SMILES string of the molecule is CSc1ccc(Cl)c(C(=O)O[C@H](C)C(=O)N2CCc3ccccc3C2)c1. The van der Waals surface area contributed by atoms with Gasteiger partial charge in [0.1, 0.15) is 0 Å². The highest BCUT2D eigenvalue weighted by molar-refractivity contribution is 7.98. The average Bonchev–Trinajstić information content (AvgIpc) is 2.67. The van der Waals surface area contributed by atoms with Gasteiger partial charge in [-0.2, -0.15) is 0 Å². The molecule has 0 saturated heterocycles. The lowest BCUT2D eigenvalue weighted by atomic mass is 9.99. The van der Waals surface area contributed by atoms with Crippen LogP contribution in [0.5, 0.6) is 0 Å². The zero-order chi connectivity index (χ0) is 18.7. The van der Waals surface area contributed by atoms with Crippen LogP contribution in [0.25, 0.3) is 0 Å². The molecule has 1 aliphatic heterocycles. The van der Waals surface area contributed by atoms with Crippen LogP contribution in [0.4, 0.5) is 0 Å². The zero-order valence-corrected chi connectivity index (χ0v) is 16.3. The molecule has 0 aromatic heterocycles. The smallest absolute Gasteiger partial charge is 0.340 e. The monoisotopic (exact) mass is 389 g/mol. The van der Waals surface area contributed by atoms with Crippen molar-refractivity contribution in [3.8, 4) is 0 Å². The lowest BCUT2D eigenvalue weighted by Gasteiger charge is -2.30. The molecule has 1 aliphatic rings. The number of ether oxygens (including phenoxy) is 1. The van der Waals surface area contributed by atoms with Crippen molar-refractivity contribution in [2.45, 2.75) is 30.9 Å². The number of benzene rings is 2. The van der Waals surface area contributed by atoms with Crippen LogP contribution >= 0.6 is 23.4 Å². The second kappa shape index (κ2) is 8.14. The Hall–Kier alpha value is -1.98. The molecule has 4 nitrogen and oxygen atoms in total. The normalized spacial score (nSPS) is 14.5. The van der Waals surface area contributed by atoms with Crippen molar-refractivity contribution in [3.05, 3.63) is 64.2 Å². The van der Waals surface area contributed by atoms with Crippen LogP contribution in [0.2, 0.25) is 5.02 Å². The van der Waals surface area contributed by atoms with Gasteiger partial charge in [0, 0.05) is 18.0 Å². The molecule has 3 rings (SSSR count). The third-order valence-electron chi connectivity index (χ3n) is 4.47. The van der Waals surface area contributed by atoms with Crippen molar-refractivity contribution in [1.82, 2.24) is 4.90 Å². The third kappa shape index (κ3) is 4.05. The Morgan fingerprint density at radius 3 is 2.65 bits per heavy atom. The number of rotatable bonds is 4. The standard InChI is InChI=1S/C20H20ClNO3S/c1-13(25-20(24)17-11-16(26-2)7-8-18(17)21)19(23)22-10-9-14-5-3-4-6-15(14)12-22/h3-8,11,13H,9-10,12H2,1-2H3/t13-/m1/s1. The van der Waals surface area contributed by atoms with Crippen LogP contribution < -0.4 is 0 Å². The molecule has 0 aliphatic carbocycles. The maximum Gasteiger partial charge on any atom is 0.340 e. The van der Waals surface area contributed by atoms with E-state index < -0.39 is 12.1 Å². The van der Waals surface area contributed by atoms with Gasteiger partial charge >= 0.3 is 5.97 Å². The van der Waals surface area contributed by atoms with Crippen molar-refractivity contribution >= 4 is 35.2 Å². The second-order valence-electron chi connectivity index (χ2n) is 6.17. The summed E-state index contributed by atoms with van der Waals surface area (Å²) < 4.78 is 5.40. The van der Waals surface area contributed by atoms with E-state index in [4.69, 9.17) is 16.3 Å². The summed E-state index contributed by atoms with van der Waals surface area (Å²) in [6.45, 7) is 2.77. The molecular weight excluding hydrogens is 370 g/mol. The molecular formula is C20H20ClNO3S. The van der Waals surface area contributed by atoms with Crippen molar-refractivity contribution in [2.75, 3.05) is 12.8 Å². The van der Waals surface area contributed by atoms with E-state index in [-0.39, 0.29) is 11.5 Å². The van der Waals surface area contributed by atoms with E-state index in [9.17, 15) is 9.59 Å². The maximum absolute atomic E-state index is 12.7. The Labute approximate surface area is 162 Å². The first kappa shape index (κ1) is 18.8. The van der Waals surface area contributed by atoms with Gasteiger partial charge in [-0.05, 0) is 48.9 Å². The fraction of sp³-hybridized carbons (Fsp3) is 0.300.